The molecule has 0 aliphatic heterocycles. The molecule has 0 fully saturated rings. The molecule has 5 nitrogen and oxygen atoms in total. The van der Waals surface area contributed by atoms with Gasteiger partial charge < -0.3 is 5.11 Å². The molecule has 1 N–H and O–H groups in total. The third-order valence-electron chi connectivity index (χ3n) is 3.18. The standard InChI is InChI=1S/C13H12F2N4O/c1-9(5-16)13(20,6-19-8-17-7-18-19)11-3-2-10(14)4-12(11)15/h2-4,7-9,20H,6H2,1H3/t9-,13+/m0/s1. The van der Waals surface area contributed by atoms with Gasteiger partial charge in [-0.15, -0.1) is 0 Å². The highest BCUT2D eigenvalue weighted by atomic mass is 19.1. The summed E-state index contributed by atoms with van der Waals surface area (Å²) in [6.45, 7) is 1.30. The lowest BCUT2D eigenvalue weighted by atomic mass is 9.82. The molecule has 1 aromatic heterocycles. The number of rotatable bonds is 4. The minimum Gasteiger partial charge on any atom is -0.382 e. The van der Waals surface area contributed by atoms with Crippen molar-refractivity contribution in [3.05, 3.63) is 48.1 Å². The Hall–Kier alpha value is -2.33. The van der Waals surface area contributed by atoms with E-state index in [2.05, 4.69) is 10.1 Å². The fraction of sp³-hybridized carbons (Fsp3) is 0.308. The minimum absolute atomic E-state index is 0.150. The molecule has 7 heteroatoms. The molecule has 0 spiro atoms. The van der Waals surface area contributed by atoms with Crippen LogP contribution in [0.5, 0.6) is 0 Å². The second-order valence-corrected chi connectivity index (χ2v) is 4.49. The monoisotopic (exact) mass is 278 g/mol. The number of hydrogen-bond acceptors (Lipinski definition) is 4. The average molecular weight is 278 g/mol. The lowest BCUT2D eigenvalue weighted by Gasteiger charge is -2.31. The second kappa shape index (κ2) is 5.35. The van der Waals surface area contributed by atoms with Gasteiger partial charge in [-0.3, -0.25) is 0 Å². The number of halogens is 2. The maximum Gasteiger partial charge on any atom is 0.137 e. The molecule has 1 aromatic carbocycles. The fourth-order valence-electron chi connectivity index (χ4n) is 1.96. The number of hydrogen-bond donors (Lipinski definition) is 1. The van der Waals surface area contributed by atoms with Crippen molar-refractivity contribution in [2.75, 3.05) is 0 Å². The van der Waals surface area contributed by atoms with Crippen molar-refractivity contribution >= 4 is 0 Å². The minimum atomic E-state index is -1.83. The summed E-state index contributed by atoms with van der Waals surface area (Å²) in [6.07, 6.45) is 2.61. The van der Waals surface area contributed by atoms with E-state index in [0.717, 1.165) is 12.1 Å². The van der Waals surface area contributed by atoms with Gasteiger partial charge >= 0.3 is 0 Å². The van der Waals surface area contributed by atoms with Gasteiger partial charge in [0, 0.05) is 11.6 Å². The molecule has 2 aromatic rings. The Morgan fingerprint density at radius 1 is 1.50 bits per heavy atom. The number of aliphatic hydroxyl groups is 1. The highest BCUT2D eigenvalue weighted by Crippen LogP contribution is 2.33. The molecule has 0 bridgehead atoms. The third kappa shape index (κ3) is 2.51. The molecular formula is C13H12F2N4O. The van der Waals surface area contributed by atoms with Crippen LogP contribution in [0.4, 0.5) is 8.78 Å². The lowest BCUT2D eigenvalue weighted by Crippen LogP contribution is -2.38. The van der Waals surface area contributed by atoms with E-state index in [1.54, 1.807) is 0 Å². The average Bonchev–Trinajstić information content (AvgIpc) is 2.90. The molecule has 1 heterocycles. The Labute approximate surface area is 114 Å². The predicted molar refractivity (Wildman–Crippen MR) is 65.1 cm³/mol. The first-order valence-electron chi connectivity index (χ1n) is 5.87. The van der Waals surface area contributed by atoms with Crippen molar-refractivity contribution in [2.45, 2.75) is 19.1 Å². The summed E-state index contributed by atoms with van der Waals surface area (Å²) < 4.78 is 28.2. The van der Waals surface area contributed by atoms with E-state index in [0.29, 0.717) is 6.07 Å². The second-order valence-electron chi connectivity index (χ2n) is 4.49. The normalized spacial score (nSPS) is 15.3. The Morgan fingerprint density at radius 3 is 2.80 bits per heavy atom. The molecule has 0 saturated carbocycles. The van der Waals surface area contributed by atoms with Crippen LogP contribution in [0.3, 0.4) is 0 Å². The lowest BCUT2D eigenvalue weighted by molar-refractivity contribution is -0.0197. The van der Waals surface area contributed by atoms with Gasteiger partial charge in [-0.2, -0.15) is 10.4 Å². The van der Waals surface area contributed by atoms with E-state index in [4.69, 9.17) is 5.26 Å². The topological polar surface area (TPSA) is 74.7 Å². The van der Waals surface area contributed by atoms with E-state index >= 15 is 0 Å². The summed E-state index contributed by atoms with van der Waals surface area (Å²) in [7, 11) is 0. The van der Waals surface area contributed by atoms with Gasteiger partial charge in [-0.05, 0) is 13.0 Å². The van der Waals surface area contributed by atoms with Crippen LogP contribution < -0.4 is 0 Å². The zero-order chi connectivity index (χ0) is 14.8. The maximum atomic E-state index is 13.9. The van der Waals surface area contributed by atoms with Crippen LogP contribution in [-0.4, -0.2) is 19.9 Å². The van der Waals surface area contributed by atoms with Crippen LogP contribution in [0.1, 0.15) is 12.5 Å². The predicted octanol–water partition coefficient (Wildman–Crippen LogP) is 1.60. The summed E-state index contributed by atoms with van der Waals surface area (Å²) in [5, 5.41) is 23.6. The Balaban J connectivity index is 2.49. The molecule has 0 unspecified atom stereocenters. The van der Waals surface area contributed by atoms with Gasteiger partial charge in [-0.25, -0.2) is 18.4 Å². The van der Waals surface area contributed by atoms with Gasteiger partial charge in [0.25, 0.3) is 0 Å². The van der Waals surface area contributed by atoms with E-state index in [1.165, 1.54) is 24.3 Å². The van der Waals surface area contributed by atoms with Gasteiger partial charge in [0.15, 0.2) is 0 Å². The van der Waals surface area contributed by atoms with Gasteiger partial charge in [-0.1, -0.05) is 6.07 Å². The Morgan fingerprint density at radius 2 is 2.25 bits per heavy atom. The van der Waals surface area contributed by atoms with Crippen LogP contribution in [0.2, 0.25) is 0 Å². The number of nitriles is 1. The fourth-order valence-corrected chi connectivity index (χ4v) is 1.96. The maximum absolute atomic E-state index is 13.9. The van der Waals surface area contributed by atoms with E-state index in [9.17, 15) is 13.9 Å². The third-order valence-corrected chi connectivity index (χ3v) is 3.18. The first-order chi connectivity index (χ1) is 9.47. The van der Waals surface area contributed by atoms with Crippen molar-refractivity contribution in [2.24, 2.45) is 5.92 Å². The van der Waals surface area contributed by atoms with E-state index < -0.39 is 23.2 Å². The van der Waals surface area contributed by atoms with Gasteiger partial charge in [0.1, 0.15) is 29.9 Å². The first-order valence-corrected chi connectivity index (χ1v) is 5.87. The highest BCUT2D eigenvalue weighted by Gasteiger charge is 2.39. The van der Waals surface area contributed by atoms with Crippen molar-refractivity contribution in [3.8, 4) is 6.07 Å². The number of nitrogens with zero attached hydrogens (tertiary/aromatic N) is 4. The van der Waals surface area contributed by atoms with Crippen LogP contribution >= 0.6 is 0 Å². The van der Waals surface area contributed by atoms with Crippen molar-refractivity contribution < 1.29 is 13.9 Å². The highest BCUT2D eigenvalue weighted by molar-refractivity contribution is 5.27. The van der Waals surface area contributed by atoms with Gasteiger partial charge in [0.05, 0.1) is 18.5 Å². The summed E-state index contributed by atoms with van der Waals surface area (Å²) in [4.78, 5) is 3.73. The SMILES string of the molecule is C[C@@H](C#N)[C@](O)(Cn1cncn1)c1ccc(F)cc1F. The smallest absolute Gasteiger partial charge is 0.137 e. The molecule has 0 saturated heterocycles. The summed E-state index contributed by atoms with van der Waals surface area (Å²) in [5.41, 5.74) is -1.98. The van der Waals surface area contributed by atoms with Crippen molar-refractivity contribution in [3.63, 3.8) is 0 Å². The van der Waals surface area contributed by atoms with E-state index in [1.807, 2.05) is 6.07 Å². The Kier molecular flexibility index (Phi) is 3.77. The van der Waals surface area contributed by atoms with Crippen molar-refractivity contribution in [1.29, 1.82) is 5.26 Å². The zero-order valence-electron chi connectivity index (χ0n) is 10.7. The molecule has 2 atom stereocenters. The largest absolute Gasteiger partial charge is 0.382 e. The summed E-state index contributed by atoms with van der Waals surface area (Å²) in [5.74, 6) is -2.58. The molecular weight excluding hydrogens is 266 g/mol. The number of benzene rings is 1. The molecule has 104 valence electrons. The molecule has 0 aliphatic carbocycles. The molecule has 0 aliphatic rings. The van der Waals surface area contributed by atoms with Crippen LogP contribution in [0, 0.1) is 28.9 Å². The van der Waals surface area contributed by atoms with Crippen LogP contribution in [-0.2, 0) is 12.1 Å². The molecule has 2 rings (SSSR count). The Bertz CT molecular complexity index is 638. The molecule has 0 radical (unpaired) electrons. The number of aromatic nitrogens is 3. The molecule has 20 heavy (non-hydrogen) atoms. The van der Waals surface area contributed by atoms with Crippen LogP contribution in [0.25, 0.3) is 0 Å². The van der Waals surface area contributed by atoms with Gasteiger partial charge in [0.2, 0.25) is 0 Å². The van der Waals surface area contributed by atoms with E-state index in [-0.39, 0.29) is 12.1 Å². The quantitative estimate of drug-likeness (QED) is 0.921. The zero-order valence-corrected chi connectivity index (χ0v) is 10.7. The molecule has 0 amide bonds. The van der Waals surface area contributed by atoms with Crippen molar-refractivity contribution in [1.82, 2.24) is 14.8 Å². The van der Waals surface area contributed by atoms with Crippen LogP contribution in [0.15, 0.2) is 30.9 Å². The first kappa shape index (κ1) is 14.1. The summed E-state index contributed by atoms with van der Waals surface area (Å²) in [6, 6.07) is 4.73. The summed E-state index contributed by atoms with van der Waals surface area (Å²) >= 11 is 0.